The number of hydrogen-bond acceptors (Lipinski definition) is 7. The normalized spacial score (nSPS) is 16.1. The van der Waals surface area contributed by atoms with Gasteiger partial charge in [0.15, 0.2) is 5.75 Å². The number of amides is 2. The molecule has 2 amide bonds. The average Bonchev–Trinajstić information content (AvgIpc) is 3.49. The van der Waals surface area contributed by atoms with Crippen molar-refractivity contribution < 1.29 is 14.4 Å². The second kappa shape index (κ2) is 17.4. The molecule has 0 unspecified atom stereocenters. The minimum Gasteiger partial charge on any atom is -0.356 e. The molecule has 0 bridgehead atoms. The summed E-state index contributed by atoms with van der Waals surface area (Å²) in [5.41, 5.74) is 15.4. The van der Waals surface area contributed by atoms with E-state index in [1.807, 2.05) is 58.3 Å². The van der Waals surface area contributed by atoms with Crippen LogP contribution in [0.3, 0.4) is 0 Å². The summed E-state index contributed by atoms with van der Waals surface area (Å²) in [6, 6.07) is 23.7. The highest BCUT2D eigenvalue weighted by Crippen LogP contribution is 2.42. The van der Waals surface area contributed by atoms with Crippen LogP contribution < -0.4 is 4.84 Å². The van der Waals surface area contributed by atoms with E-state index in [4.69, 9.17) is 49.6 Å². The molecule has 10 rings (SSSR count). The van der Waals surface area contributed by atoms with Crippen LogP contribution in [-0.4, -0.2) is 72.9 Å². The van der Waals surface area contributed by atoms with Crippen LogP contribution in [0.2, 0.25) is 15.1 Å². The Morgan fingerprint density at radius 3 is 1.70 bits per heavy atom. The molecule has 0 radical (unpaired) electrons. The van der Waals surface area contributed by atoms with Crippen molar-refractivity contribution in [2.24, 2.45) is 0 Å². The van der Waals surface area contributed by atoms with E-state index >= 15 is 0 Å². The van der Waals surface area contributed by atoms with Gasteiger partial charge in [-0.3, -0.25) is 19.6 Å². The second-order valence-corrected chi connectivity index (χ2v) is 17.2. The number of para-hydroxylation sites is 1. The number of hydrogen-bond donors (Lipinski definition) is 0. The first-order chi connectivity index (χ1) is 29.6. The van der Waals surface area contributed by atoms with Gasteiger partial charge >= 0.3 is 0 Å². The number of piperidine rings is 2. The number of rotatable bonds is 2. The van der Waals surface area contributed by atoms with Crippen LogP contribution in [0.15, 0.2) is 96.3 Å². The third-order valence-electron chi connectivity index (χ3n) is 12.3. The predicted octanol–water partition coefficient (Wildman–Crippen LogP) is 9.80. The molecule has 0 atom stereocenters. The van der Waals surface area contributed by atoms with Crippen LogP contribution in [0.1, 0.15) is 84.3 Å². The Bertz CT molecular complexity index is 2760. The zero-order chi connectivity index (χ0) is 42.2. The standard InChI is InChI=1S/C27H24ClN5O2.C21H20Cl2N2O/c1-17(34)32-14-11-18(12-15-32)26-21-9-7-20(28)16-19(21)6-8-22-25(10-13-29-27(22)26)35-33-24-5-3-2-4-23(24)30-31-33;1-13(26)25-10-7-14(8-11-25)20-17-5-3-16(22)12-15(17)2-4-18-19(23)6-9-24-21(18)20/h2-5,7,9-10,13,16H,6,8,11-12,14-15H2,1H3;3,5-6,9,12H,2,4,7-8,10-11H2,1H3. The molecule has 5 heterocycles. The monoisotopic (exact) mass is 871 g/mol. The Morgan fingerprint density at radius 2 is 1.13 bits per heavy atom. The minimum absolute atomic E-state index is 0.122. The molecule has 2 aliphatic heterocycles. The van der Waals surface area contributed by atoms with E-state index in [1.54, 1.807) is 26.2 Å². The highest BCUT2D eigenvalue weighted by Gasteiger charge is 2.29. The van der Waals surface area contributed by atoms with E-state index in [2.05, 4.69) is 34.6 Å². The third-order valence-corrected chi connectivity index (χ3v) is 13.1. The van der Waals surface area contributed by atoms with Crippen LogP contribution in [0.5, 0.6) is 5.75 Å². The molecule has 0 spiro atoms. The lowest BCUT2D eigenvalue weighted by Crippen LogP contribution is -2.34. The largest absolute Gasteiger partial charge is 0.356 e. The Morgan fingerprint density at radius 1 is 0.607 bits per heavy atom. The zero-order valence-corrected chi connectivity index (χ0v) is 36.3. The van der Waals surface area contributed by atoms with Crippen molar-refractivity contribution in [2.45, 2.75) is 65.2 Å². The highest BCUT2D eigenvalue weighted by atomic mass is 35.5. The highest BCUT2D eigenvalue weighted by molar-refractivity contribution is 6.32. The van der Waals surface area contributed by atoms with Gasteiger partial charge < -0.3 is 14.6 Å². The minimum atomic E-state index is 0.122. The van der Waals surface area contributed by atoms with Gasteiger partial charge in [0.1, 0.15) is 11.0 Å². The van der Waals surface area contributed by atoms with Crippen LogP contribution in [-0.2, 0) is 35.3 Å². The number of aromatic nitrogens is 5. The van der Waals surface area contributed by atoms with Gasteiger partial charge in [-0.1, -0.05) is 75.1 Å². The van der Waals surface area contributed by atoms with Crippen molar-refractivity contribution in [1.29, 1.82) is 0 Å². The van der Waals surface area contributed by atoms with Crippen molar-refractivity contribution in [3.8, 4) is 5.75 Å². The van der Waals surface area contributed by atoms with Gasteiger partial charge in [-0.05, 0) is 127 Å². The first-order valence-corrected chi connectivity index (χ1v) is 21.9. The molecule has 0 N–H and O–H groups in total. The molecule has 2 saturated heterocycles. The smallest absolute Gasteiger partial charge is 0.219 e. The molecule has 0 saturated carbocycles. The molecule has 61 heavy (non-hydrogen) atoms. The zero-order valence-electron chi connectivity index (χ0n) is 34.1. The number of benzene rings is 3. The molecule has 3 aromatic heterocycles. The van der Waals surface area contributed by atoms with Crippen LogP contribution in [0.25, 0.3) is 22.2 Å². The quantitative estimate of drug-likeness (QED) is 0.171. The number of fused-ring (bicyclic) bond motifs is 5. The molecular formula is C48H44Cl3N7O3. The Kier molecular flexibility index (Phi) is 11.7. The number of nitrogens with zero attached hydrogens (tertiary/aromatic N) is 7. The number of likely N-dealkylation sites (tertiary alicyclic amines) is 2. The Balaban J connectivity index is 0.000000163. The molecule has 4 aliphatic rings. The van der Waals surface area contributed by atoms with Crippen LogP contribution >= 0.6 is 34.8 Å². The molecule has 310 valence electrons. The maximum absolute atomic E-state index is 11.9. The SMILES string of the molecule is CC(=O)N1CCC(=C2c3ccc(Cl)cc3CCc3c(Cl)ccnc32)CC1.CC(=O)N1CCC(=C2c3ccc(Cl)cc3CCc3c(On4nnc5ccccc54)ccnc32)CC1. The van der Waals surface area contributed by atoms with E-state index in [0.717, 1.165) is 124 Å². The first kappa shape index (κ1) is 40.8. The summed E-state index contributed by atoms with van der Waals surface area (Å²) in [6.45, 7) is 6.22. The van der Waals surface area contributed by atoms with Gasteiger partial charge in [0.25, 0.3) is 0 Å². The number of halogens is 3. The van der Waals surface area contributed by atoms with E-state index < -0.39 is 0 Å². The fourth-order valence-corrected chi connectivity index (χ4v) is 9.78. The van der Waals surface area contributed by atoms with E-state index in [1.165, 1.54) is 38.3 Å². The lowest BCUT2D eigenvalue weighted by Gasteiger charge is -2.29. The number of aryl methyl sites for hydroxylation is 2. The van der Waals surface area contributed by atoms with Gasteiger partial charge in [-0.15, -0.1) is 5.10 Å². The molecule has 13 heteroatoms. The molecule has 2 aliphatic carbocycles. The maximum atomic E-state index is 11.9. The number of pyridine rings is 2. The molecule has 6 aromatic rings. The Hall–Kier alpha value is -5.55. The fourth-order valence-electron chi connectivity index (χ4n) is 9.15. The maximum Gasteiger partial charge on any atom is 0.219 e. The van der Waals surface area contributed by atoms with Crippen LogP contribution in [0, 0.1) is 0 Å². The lowest BCUT2D eigenvalue weighted by molar-refractivity contribution is -0.130. The Labute approximate surface area is 369 Å². The van der Waals surface area contributed by atoms with Gasteiger partial charge in [0, 0.05) is 90.3 Å². The average molecular weight is 873 g/mol. The number of carbonyl (C=O) groups is 2. The van der Waals surface area contributed by atoms with Gasteiger partial charge in [-0.2, -0.15) is 0 Å². The summed E-state index contributed by atoms with van der Waals surface area (Å²) in [5, 5.41) is 10.7. The topological polar surface area (TPSA) is 106 Å². The van der Waals surface area contributed by atoms with E-state index in [-0.39, 0.29) is 11.8 Å². The van der Waals surface area contributed by atoms with Gasteiger partial charge in [0.2, 0.25) is 11.8 Å². The van der Waals surface area contributed by atoms with Crippen molar-refractivity contribution in [1.82, 2.24) is 34.9 Å². The van der Waals surface area contributed by atoms with Crippen molar-refractivity contribution >= 4 is 68.8 Å². The first-order valence-electron chi connectivity index (χ1n) is 20.8. The summed E-state index contributed by atoms with van der Waals surface area (Å²) in [6.07, 6.45) is 10.3. The summed E-state index contributed by atoms with van der Waals surface area (Å²) < 4.78 is 0. The second-order valence-electron chi connectivity index (χ2n) is 15.9. The van der Waals surface area contributed by atoms with E-state index in [9.17, 15) is 9.59 Å². The van der Waals surface area contributed by atoms with Gasteiger partial charge in [-0.25, -0.2) is 0 Å². The summed E-state index contributed by atoms with van der Waals surface area (Å²) >= 11 is 19.2. The molecule has 10 nitrogen and oxygen atoms in total. The summed E-state index contributed by atoms with van der Waals surface area (Å²) in [7, 11) is 0. The van der Waals surface area contributed by atoms with E-state index in [0.29, 0.717) is 18.8 Å². The van der Waals surface area contributed by atoms with Crippen molar-refractivity contribution in [3.05, 3.63) is 156 Å². The summed E-state index contributed by atoms with van der Waals surface area (Å²) in [5.74, 6) is 0.976. The third kappa shape index (κ3) is 8.29. The van der Waals surface area contributed by atoms with Crippen molar-refractivity contribution in [3.63, 3.8) is 0 Å². The van der Waals surface area contributed by atoms with Crippen LogP contribution in [0.4, 0.5) is 0 Å². The van der Waals surface area contributed by atoms with Crippen molar-refractivity contribution in [2.75, 3.05) is 26.2 Å². The molecule has 3 aromatic carbocycles. The summed E-state index contributed by atoms with van der Waals surface area (Å²) in [4.78, 5) is 44.8. The lowest BCUT2D eigenvalue weighted by atomic mass is 9.88. The fraction of sp³-hybridized carbons (Fsp3) is 0.292. The van der Waals surface area contributed by atoms with Gasteiger partial charge in [0.05, 0.1) is 11.4 Å². The molecular weight excluding hydrogens is 829 g/mol. The molecule has 2 fully saturated rings. The predicted molar refractivity (Wildman–Crippen MR) is 240 cm³/mol. The number of carbonyl (C=O) groups excluding carboxylic acids is 2.